The Hall–Kier alpha value is -1.07. The second-order valence-electron chi connectivity index (χ2n) is 3.02. The zero-order valence-electron chi connectivity index (χ0n) is 8.17. The monoisotopic (exact) mass is 305 g/mol. The highest BCUT2D eigenvalue weighted by Crippen LogP contribution is 2.21. The van der Waals surface area contributed by atoms with Crippen LogP contribution in [0.4, 0.5) is 0 Å². The fraction of sp³-hybridized carbons (Fsp3) is 0.200. The molecule has 1 aromatic rings. The number of benzene rings is 1. The van der Waals surface area contributed by atoms with Gasteiger partial charge in [-0.2, -0.15) is 0 Å². The van der Waals surface area contributed by atoms with Crippen LogP contribution in [-0.2, 0) is 4.79 Å². The summed E-state index contributed by atoms with van der Waals surface area (Å²) in [5.74, 6) is -1.33. The Balaban J connectivity index is 2.63. The van der Waals surface area contributed by atoms with Crippen molar-refractivity contribution in [3.8, 4) is 0 Å². The highest BCUT2D eigenvalue weighted by atomic mass is 79.9. The van der Waals surface area contributed by atoms with E-state index in [1.54, 1.807) is 18.2 Å². The van der Waals surface area contributed by atoms with Gasteiger partial charge in [-0.1, -0.05) is 27.5 Å². The number of aliphatic carboxylic acids is 1. The summed E-state index contributed by atoms with van der Waals surface area (Å²) < 4.78 is 0.777. The van der Waals surface area contributed by atoms with Gasteiger partial charge in [0.05, 0.1) is 17.0 Å². The Labute approximate surface area is 106 Å². The first-order valence-corrected chi connectivity index (χ1v) is 5.63. The summed E-state index contributed by atoms with van der Waals surface area (Å²) in [5.41, 5.74) is 0.329. The third-order valence-electron chi connectivity index (χ3n) is 1.80. The summed E-state index contributed by atoms with van der Waals surface area (Å²) in [6.45, 7) is 0.0839. The van der Waals surface area contributed by atoms with Crippen LogP contribution in [0.25, 0.3) is 0 Å². The maximum Gasteiger partial charge on any atom is 0.305 e. The lowest BCUT2D eigenvalue weighted by Crippen LogP contribution is -2.26. The lowest BCUT2D eigenvalue weighted by molar-refractivity contribution is -0.136. The number of nitrogens with one attached hydrogen (secondary N) is 1. The van der Waals surface area contributed by atoms with Gasteiger partial charge in [-0.15, -0.1) is 0 Å². The predicted molar refractivity (Wildman–Crippen MR) is 63.7 cm³/mol. The SMILES string of the molecule is O=C(O)CCNC(=O)c1ccc(Br)cc1Cl. The quantitative estimate of drug-likeness (QED) is 0.897. The molecule has 0 unspecified atom stereocenters. The normalized spacial score (nSPS) is 9.88. The molecular formula is C10H9BrClNO3. The second kappa shape index (κ2) is 5.86. The molecule has 86 valence electrons. The van der Waals surface area contributed by atoms with Gasteiger partial charge in [0.2, 0.25) is 0 Å². The minimum absolute atomic E-state index is 0.0839. The summed E-state index contributed by atoms with van der Waals surface area (Å²) >= 11 is 9.08. The minimum atomic E-state index is -0.956. The summed E-state index contributed by atoms with van der Waals surface area (Å²) in [5, 5.41) is 11.2. The van der Waals surface area contributed by atoms with Gasteiger partial charge in [0, 0.05) is 11.0 Å². The summed E-state index contributed by atoms with van der Waals surface area (Å²) in [7, 11) is 0. The maximum absolute atomic E-state index is 11.6. The molecule has 0 aromatic heterocycles. The first kappa shape index (κ1) is 13.0. The molecule has 16 heavy (non-hydrogen) atoms. The molecule has 1 aromatic carbocycles. The van der Waals surface area contributed by atoms with Crippen molar-refractivity contribution in [2.75, 3.05) is 6.54 Å². The van der Waals surface area contributed by atoms with Crippen molar-refractivity contribution in [3.63, 3.8) is 0 Å². The van der Waals surface area contributed by atoms with E-state index in [1.807, 2.05) is 0 Å². The van der Waals surface area contributed by atoms with Crippen LogP contribution in [0.3, 0.4) is 0 Å². The lowest BCUT2D eigenvalue weighted by atomic mass is 10.2. The molecular weight excluding hydrogens is 297 g/mol. The number of hydrogen-bond acceptors (Lipinski definition) is 2. The number of halogens is 2. The third-order valence-corrected chi connectivity index (χ3v) is 2.61. The Bertz CT molecular complexity index is 423. The van der Waals surface area contributed by atoms with Gasteiger partial charge in [0.25, 0.3) is 5.91 Å². The number of carbonyl (C=O) groups is 2. The van der Waals surface area contributed by atoms with Crippen LogP contribution < -0.4 is 5.32 Å². The minimum Gasteiger partial charge on any atom is -0.481 e. The topological polar surface area (TPSA) is 66.4 Å². The molecule has 4 nitrogen and oxygen atoms in total. The Morgan fingerprint density at radius 3 is 2.69 bits per heavy atom. The number of hydrogen-bond donors (Lipinski definition) is 2. The molecule has 0 spiro atoms. The third kappa shape index (κ3) is 3.83. The fourth-order valence-electron chi connectivity index (χ4n) is 1.05. The molecule has 0 aliphatic heterocycles. The van der Waals surface area contributed by atoms with E-state index < -0.39 is 5.97 Å². The van der Waals surface area contributed by atoms with E-state index in [9.17, 15) is 9.59 Å². The van der Waals surface area contributed by atoms with Crippen LogP contribution in [0.5, 0.6) is 0 Å². The molecule has 1 rings (SSSR count). The van der Waals surface area contributed by atoms with Gasteiger partial charge in [-0.05, 0) is 18.2 Å². The number of carboxylic acid groups (broad SMARTS) is 1. The highest BCUT2D eigenvalue weighted by molar-refractivity contribution is 9.10. The van der Waals surface area contributed by atoms with Crippen LogP contribution in [0, 0.1) is 0 Å². The molecule has 0 saturated carbocycles. The highest BCUT2D eigenvalue weighted by Gasteiger charge is 2.10. The molecule has 1 amide bonds. The van der Waals surface area contributed by atoms with Crippen molar-refractivity contribution < 1.29 is 14.7 Å². The van der Waals surface area contributed by atoms with E-state index in [4.69, 9.17) is 16.7 Å². The lowest BCUT2D eigenvalue weighted by Gasteiger charge is -2.05. The van der Waals surface area contributed by atoms with Gasteiger partial charge in [0.1, 0.15) is 0 Å². The van der Waals surface area contributed by atoms with E-state index in [-0.39, 0.29) is 18.9 Å². The van der Waals surface area contributed by atoms with Crippen LogP contribution in [0.15, 0.2) is 22.7 Å². The number of carbonyl (C=O) groups excluding carboxylic acids is 1. The number of amides is 1. The summed E-state index contributed by atoms with van der Waals surface area (Å²) in [6.07, 6.45) is -0.111. The molecule has 2 N–H and O–H groups in total. The first-order valence-electron chi connectivity index (χ1n) is 4.45. The molecule has 0 aliphatic carbocycles. The number of rotatable bonds is 4. The number of carboxylic acids is 1. The molecule has 0 saturated heterocycles. The van der Waals surface area contributed by atoms with Crippen molar-refractivity contribution in [1.82, 2.24) is 5.32 Å². The fourth-order valence-corrected chi connectivity index (χ4v) is 1.81. The van der Waals surface area contributed by atoms with Crippen molar-refractivity contribution in [1.29, 1.82) is 0 Å². The Morgan fingerprint density at radius 2 is 2.12 bits per heavy atom. The standard InChI is InChI=1S/C10H9BrClNO3/c11-6-1-2-7(8(12)5-6)10(16)13-4-3-9(14)15/h1-2,5H,3-4H2,(H,13,16)(H,14,15). The van der Waals surface area contributed by atoms with Gasteiger partial charge < -0.3 is 10.4 Å². The van der Waals surface area contributed by atoms with Crippen LogP contribution in [-0.4, -0.2) is 23.5 Å². The van der Waals surface area contributed by atoms with Crippen molar-refractivity contribution >= 4 is 39.4 Å². The summed E-state index contributed by atoms with van der Waals surface area (Å²) in [6, 6.07) is 4.87. The average Bonchev–Trinajstić information content (AvgIpc) is 2.16. The largest absolute Gasteiger partial charge is 0.481 e. The molecule has 0 bridgehead atoms. The molecule has 0 atom stereocenters. The van der Waals surface area contributed by atoms with Crippen molar-refractivity contribution in [3.05, 3.63) is 33.3 Å². The predicted octanol–water partition coefficient (Wildman–Crippen LogP) is 2.31. The van der Waals surface area contributed by atoms with E-state index in [0.29, 0.717) is 10.6 Å². The average molecular weight is 307 g/mol. The van der Waals surface area contributed by atoms with E-state index in [0.717, 1.165) is 4.47 Å². The first-order chi connectivity index (χ1) is 7.50. The molecule has 0 heterocycles. The summed E-state index contributed by atoms with van der Waals surface area (Å²) in [4.78, 5) is 21.8. The van der Waals surface area contributed by atoms with Gasteiger partial charge in [-0.3, -0.25) is 9.59 Å². The molecule has 0 radical (unpaired) electrons. The van der Waals surface area contributed by atoms with E-state index >= 15 is 0 Å². The Morgan fingerprint density at radius 1 is 1.44 bits per heavy atom. The van der Waals surface area contributed by atoms with Crippen molar-refractivity contribution in [2.24, 2.45) is 0 Å². The van der Waals surface area contributed by atoms with Gasteiger partial charge in [-0.25, -0.2) is 0 Å². The smallest absolute Gasteiger partial charge is 0.305 e. The van der Waals surface area contributed by atoms with Gasteiger partial charge >= 0.3 is 5.97 Å². The van der Waals surface area contributed by atoms with Gasteiger partial charge in [0.15, 0.2) is 0 Å². The van der Waals surface area contributed by atoms with Crippen LogP contribution in [0.1, 0.15) is 16.8 Å². The van der Waals surface area contributed by atoms with E-state index in [2.05, 4.69) is 21.2 Å². The zero-order valence-corrected chi connectivity index (χ0v) is 10.5. The van der Waals surface area contributed by atoms with Crippen molar-refractivity contribution in [2.45, 2.75) is 6.42 Å². The second-order valence-corrected chi connectivity index (χ2v) is 4.35. The molecule has 6 heteroatoms. The maximum atomic E-state index is 11.6. The van der Waals surface area contributed by atoms with E-state index in [1.165, 1.54) is 0 Å². The molecule has 0 fully saturated rings. The Kier molecular flexibility index (Phi) is 4.76. The van der Waals surface area contributed by atoms with Crippen LogP contribution >= 0.6 is 27.5 Å². The zero-order chi connectivity index (χ0) is 12.1. The molecule has 0 aliphatic rings. The van der Waals surface area contributed by atoms with Crippen LogP contribution in [0.2, 0.25) is 5.02 Å².